The van der Waals surface area contributed by atoms with Gasteiger partial charge in [0.05, 0.1) is 18.6 Å². The number of hydrogen-bond acceptors (Lipinski definition) is 13. The molecular formula is C9H6N9O4P. The van der Waals surface area contributed by atoms with Crippen LogP contribution in [0.1, 0.15) is 0 Å². The van der Waals surface area contributed by atoms with Crippen LogP contribution in [0.5, 0.6) is 17.6 Å². The number of rotatable bonds is 6. The van der Waals surface area contributed by atoms with Gasteiger partial charge in [-0.3, -0.25) is 0 Å². The van der Waals surface area contributed by atoms with Crippen molar-refractivity contribution in [2.45, 2.75) is 0 Å². The SMILES string of the molecule is O=P(Oc1ccnnn1)(Oc1ccnnn1)Oc1ccnnn1. The molecule has 3 aromatic heterocycles. The molecule has 0 aliphatic heterocycles. The first-order valence-electron chi connectivity index (χ1n) is 5.85. The first-order valence-corrected chi connectivity index (χ1v) is 7.31. The number of phosphoric acid groups is 1. The molecule has 0 atom stereocenters. The molecule has 0 aromatic carbocycles. The Balaban J connectivity index is 1.87. The molecule has 13 nitrogen and oxygen atoms in total. The molecule has 0 N–H and O–H groups in total. The van der Waals surface area contributed by atoms with Gasteiger partial charge in [0.2, 0.25) is 17.6 Å². The molecule has 14 heteroatoms. The summed E-state index contributed by atoms with van der Waals surface area (Å²) in [7, 11) is -4.28. The van der Waals surface area contributed by atoms with Gasteiger partial charge < -0.3 is 13.6 Å². The highest BCUT2D eigenvalue weighted by atomic mass is 31.2. The molecule has 0 aliphatic carbocycles. The molecule has 116 valence electrons. The van der Waals surface area contributed by atoms with Crippen molar-refractivity contribution in [1.82, 2.24) is 46.2 Å². The zero-order valence-corrected chi connectivity index (χ0v) is 12.0. The lowest BCUT2D eigenvalue weighted by molar-refractivity contribution is 0.282. The molecular weight excluding hydrogens is 329 g/mol. The minimum absolute atomic E-state index is 0.146. The Hall–Kier alpha value is -3.34. The van der Waals surface area contributed by atoms with Crippen LogP contribution in [0.3, 0.4) is 0 Å². The second-order valence-corrected chi connectivity index (χ2v) is 5.04. The van der Waals surface area contributed by atoms with Gasteiger partial charge >= 0.3 is 7.82 Å². The molecule has 0 bridgehead atoms. The van der Waals surface area contributed by atoms with Gasteiger partial charge in [0.15, 0.2) is 0 Å². The summed E-state index contributed by atoms with van der Waals surface area (Å²) in [5.74, 6) is -0.438. The van der Waals surface area contributed by atoms with Crippen LogP contribution in [-0.4, -0.2) is 46.2 Å². The van der Waals surface area contributed by atoms with E-state index < -0.39 is 7.82 Å². The van der Waals surface area contributed by atoms with Crippen LogP contribution >= 0.6 is 7.82 Å². The highest BCUT2D eigenvalue weighted by molar-refractivity contribution is 7.49. The molecule has 0 fully saturated rings. The maximum Gasteiger partial charge on any atom is 0.651 e. The van der Waals surface area contributed by atoms with Crippen molar-refractivity contribution >= 4 is 7.82 Å². The summed E-state index contributed by atoms with van der Waals surface area (Å²) in [5.41, 5.74) is 0. The lowest BCUT2D eigenvalue weighted by Gasteiger charge is -2.16. The Labute approximate surface area is 127 Å². The second kappa shape index (κ2) is 6.62. The Morgan fingerprint density at radius 2 is 1.00 bits per heavy atom. The third-order valence-electron chi connectivity index (χ3n) is 2.05. The molecule has 0 saturated carbocycles. The Morgan fingerprint density at radius 3 is 1.26 bits per heavy atom. The van der Waals surface area contributed by atoms with E-state index in [0.717, 1.165) is 0 Å². The van der Waals surface area contributed by atoms with Crippen LogP contribution in [0.15, 0.2) is 36.8 Å². The van der Waals surface area contributed by atoms with Gasteiger partial charge in [0, 0.05) is 18.2 Å². The minimum atomic E-state index is -4.28. The van der Waals surface area contributed by atoms with Gasteiger partial charge in [-0.25, -0.2) is 0 Å². The largest absolute Gasteiger partial charge is 0.651 e. The molecule has 0 radical (unpaired) electrons. The van der Waals surface area contributed by atoms with Crippen LogP contribution in [0, 0.1) is 0 Å². The summed E-state index contributed by atoms with van der Waals surface area (Å²) in [4.78, 5) is 0. The first kappa shape index (κ1) is 14.6. The van der Waals surface area contributed by atoms with Crippen molar-refractivity contribution in [3.63, 3.8) is 0 Å². The Morgan fingerprint density at radius 1 is 0.652 bits per heavy atom. The number of nitrogens with zero attached hydrogens (tertiary/aromatic N) is 9. The zero-order chi connectivity index (χ0) is 16.0. The minimum Gasteiger partial charge on any atom is -0.366 e. The molecule has 0 spiro atoms. The van der Waals surface area contributed by atoms with E-state index in [1.165, 1.54) is 36.8 Å². The monoisotopic (exact) mass is 335 g/mol. The molecule has 3 heterocycles. The van der Waals surface area contributed by atoms with Crippen molar-refractivity contribution < 1.29 is 18.1 Å². The normalized spacial score (nSPS) is 10.8. The fourth-order valence-electron chi connectivity index (χ4n) is 1.24. The number of hydrogen-bond donors (Lipinski definition) is 0. The van der Waals surface area contributed by atoms with Gasteiger partial charge in [-0.05, 0) is 15.6 Å². The average Bonchev–Trinajstić information content (AvgIpc) is 2.57. The molecule has 0 unspecified atom stereocenters. The summed E-state index contributed by atoms with van der Waals surface area (Å²) in [6, 6.07) is 3.93. The molecule has 0 saturated heterocycles. The third-order valence-corrected chi connectivity index (χ3v) is 3.28. The fourth-order valence-corrected chi connectivity index (χ4v) is 2.33. The highest BCUT2D eigenvalue weighted by Gasteiger charge is 2.35. The van der Waals surface area contributed by atoms with Crippen molar-refractivity contribution in [3.05, 3.63) is 36.8 Å². The molecule has 0 aliphatic rings. The number of phosphoric ester groups is 1. The van der Waals surface area contributed by atoms with Crippen LogP contribution < -0.4 is 13.6 Å². The van der Waals surface area contributed by atoms with Crippen LogP contribution in [0.2, 0.25) is 0 Å². The second-order valence-electron chi connectivity index (χ2n) is 3.60. The Kier molecular flexibility index (Phi) is 4.20. The summed E-state index contributed by atoms with van der Waals surface area (Å²) in [6.07, 6.45) is 3.85. The van der Waals surface area contributed by atoms with Gasteiger partial charge in [-0.1, -0.05) is 15.3 Å². The van der Waals surface area contributed by atoms with E-state index in [4.69, 9.17) is 13.6 Å². The highest BCUT2D eigenvalue weighted by Crippen LogP contribution is 2.47. The van der Waals surface area contributed by atoms with Crippen molar-refractivity contribution in [1.29, 1.82) is 0 Å². The topological polar surface area (TPSA) is 161 Å². The fraction of sp³-hybridized carbons (Fsp3) is 0. The van der Waals surface area contributed by atoms with Gasteiger partial charge in [-0.2, -0.15) is 4.57 Å². The zero-order valence-electron chi connectivity index (χ0n) is 11.1. The quantitative estimate of drug-likeness (QED) is 0.549. The van der Waals surface area contributed by atoms with Crippen LogP contribution in [-0.2, 0) is 4.57 Å². The van der Waals surface area contributed by atoms with E-state index in [1.54, 1.807) is 0 Å². The maximum atomic E-state index is 12.8. The van der Waals surface area contributed by atoms with E-state index in [1.807, 2.05) is 0 Å². The maximum absolute atomic E-state index is 12.8. The molecule has 23 heavy (non-hydrogen) atoms. The summed E-state index contributed by atoms with van der Waals surface area (Å²) in [6.45, 7) is 0. The average molecular weight is 335 g/mol. The first-order chi connectivity index (χ1) is 11.2. The Bertz CT molecular complexity index is 686. The van der Waals surface area contributed by atoms with Gasteiger partial charge in [0.25, 0.3) is 0 Å². The predicted octanol–water partition coefficient (Wildman–Crippen LogP) is -0.114. The third kappa shape index (κ3) is 4.07. The smallest absolute Gasteiger partial charge is 0.366 e. The summed E-state index contributed by atoms with van der Waals surface area (Å²) in [5, 5.41) is 31.1. The van der Waals surface area contributed by atoms with Crippen molar-refractivity contribution in [3.8, 4) is 17.6 Å². The summed E-state index contributed by atoms with van der Waals surface area (Å²) >= 11 is 0. The lowest BCUT2D eigenvalue weighted by Crippen LogP contribution is -2.10. The van der Waals surface area contributed by atoms with Crippen LogP contribution in [0.4, 0.5) is 0 Å². The van der Waals surface area contributed by atoms with Crippen LogP contribution in [0.25, 0.3) is 0 Å². The van der Waals surface area contributed by atoms with E-state index in [9.17, 15) is 4.57 Å². The van der Waals surface area contributed by atoms with Gasteiger partial charge in [0.1, 0.15) is 0 Å². The molecule has 3 rings (SSSR count). The van der Waals surface area contributed by atoms with E-state index in [0.29, 0.717) is 0 Å². The summed E-state index contributed by atoms with van der Waals surface area (Å²) < 4.78 is 28.2. The van der Waals surface area contributed by atoms with E-state index in [-0.39, 0.29) is 17.6 Å². The molecule has 0 amide bonds. The number of aromatic nitrogens is 9. The van der Waals surface area contributed by atoms with Gasteiger partial charge in [-0.15, -0.1) is 15.3 Å². The molecule has 3 aromatic rings. The van der Waals surface area contributed by atoms with Crippen molar-refractivity contribution in [2.75, 3.05) is 0 Å². The van der Waals surface area contributed by atoms with Crippen molar-refractivity contribution in [2.24, 2.45) is 0 Å². The van der Waals surface area contributed by atoms with E-state index in [2.05, 4.69) is 46.2 Å². The predicted molar refractivity (Wildman–Crippen MR) is 69.0 cm³/mol. The standard InChI is InChI=1S/C9H6N9O4P/c19-23(20-7-1-4-10-16-13-7,21-8-2-5-11-17-14-8)22-9-3-6-12-18-15-9/h1-6H. The lowest BCUT2D eigenvalue weighted by atomic mass is 10.7. The van der Waals surface area contributed by atoms with E-state index >= 15 is 0 Å².